The average Bonchev–Trinajstić information content (AvgIpc) is 3.12. The molecule has 0 amide bonds. The molecule has 1 N–H and O–H groups in total. The Morgan fingerprint density at radius 1 is 1.24 bits per heavy atom. The zero-order chi connectivity index (χ0) is 17.2. The molecule has 0 radical (unpaired) electrons. The number of hydrogen-bond donors (Lipinski definition) is 1. The van der Waals surface area contributed by atoms with E-state index >= 15 is 0 Å². The molecule has 0 aliphatic carbocycles. The molecule has 3 heterocycles. The predicted molar refractivity (Wildman–Crippen MR) is 94.8 cm³/mol. The Morgan fingerprint density at radius 3 is 2.88 bits per heavy atom. The zero-order valence-electron chi connectivity index (χ0n) is 14.6. The van der Waals surface area contributed by atoms with Crippen LogP contribution in [0.3, 0.4) is 0 Å². The van der Waals surface area contributed by atoms with Crippen LogP contribution >= 0.6 is 0 Å². The van der Waals surface area contributed by atoms with Gasteiger partial charge in [0.1, 0.15) is 11.6 Å². The first kappa shape index (κ1) is 16.7. The number of piperidine rings is 1. The zero-order valence-corrected chi connectivity index (χ0v) is 14.6. The van der Waals surface area contributed by atoms with Crippen molar-refractivity contribution >= 4 is 0 Å². The van der Waals surface area contributed by atoms with Gasteiger partial charge in [-0.15, -0.1) is 0 Å². The number of likely N-dealkylation sites (tertiary alicyclic amines) is 1. The van der Waals surface area contributed by atoms with E-state index in [-0.39, 0.29) is 11.9 Å². The molecule has 2 aliphatic heterocycles. The fourth-order valence-corrected chi connectivity index (χ4v) is 3.92. The fourth-order valence-electron chi connectivity index (χ4n) is 3.92. The van der Waals surface area contributed by atoms with Gasteiger partial charge in [-0.2, -0.15) is 0 Å². The van der Waals surface area contributed by atoms with Crippen LogP contribution in [0, 0.1) is 5.82 Å². The van der Waals surface area contributed by atoms with Gasteiger partial charge < -0.3 is 14.6 Å². The van der Waals surface area contributed by atoms with Crippen molar-refractivity contribution in [2.45, 2.75) is 24.9 Å². The lowest BCUT2D eigenvalue weighted by Gasteiger charge is -2.43. The van der Waals surface area contributed by atoms with Gasteiger partial charge in [0.15, 0.2) is 0 Å². The molecule has 2 fully saturated rings. The molecule has 6 heteroatoms. The van der Waals surface area contributed by atoms with Crippen molar-refractivity contribution < 1.29 is 9.13 Å². The molecule has 0 saturated carbocycles. The van der Waals surface area contributed by atoms with E-state index in [4.69, 9.17) is 4.74 Å². The highest BCUT2D eigenvalue weighted by Gasteiger charge is 2.33. The maximum absolute atomic E-state index is 13.5. The third-order valence-corrected chi connectivity index (χ3v) is 5.37. The highest BCUT2D eigenvalue weighted by atomic mass is 19.1. The third-order valence-electron chi connectivity index (χ3n) is 5.37. The number of H-pyrrole nitrogens is 1. The molecule has 0 bridgehead atoms. The molecule has 1 unspecified atom stereocenters. The minimum Gasteiger partial charge on any atom is -0.378 e. The second kappa shape index (κ2) is 7.23. The van der Waals surface area contributed by atoms with Gasteiger partial charge in [0.2, 0.25) is 0 Å². The van der Waals surface area contributed by atoms with Crippen LogP contribution in [0.15, 0.2) is 30.5 Å². The number of nitrogens with zero attached hydrogens (tertiary/aromatic N) is 3. The lowest BCUT2D eigenvalue weighted by atomic mass is 10.0. The lowest BCUT2D eigenvalue weighted by molar-refractivity contribution is -0.0441. The number of halogens is 1. The number of ether oxygens (including phenoxy) is 1. The van der Waals surface area contributed by atoms with Crippen LogP contribution < -0.4 is 0 Å². The summed E-state index contributed by atoms with van der Waals surface area (Å²) in [4.78, 5) is 12.9. The van der Waals surface area contributed by atoms with Crippen molar-refractivity contribution in [2.75, 3.05) is 39.9 Å². The Kier molecular flexibility index (Phi) is 4.83. The second-order valence-corrected chi connectivity index (χ2v) is 7.06. The second-order valence-electron chi connectivity index (χ2n) is 7.06. The molecular weight excluding hydrogens is 319 g/mol. The van der Waals surface area contributed by atoms with Crippen molar-refractivity contribution in [1.29, 1.82) is 0 Å². The molecule has 0 spiro atoms. The minimum absolute atomic E-state index is 0.143. The summed E-state index contributed by atoms with van der Waals surface area (Å²) in [6, 6.07) is 7.32. The van der Waals surface area contributed by atoms with E-state index in [2.05, 4.69) is 26.8 Å². The maximum Gasteiger partial charge on any atom is 0.126 e. The van der Waals surface area contributed by atoms with Crippen molar-refractivity contribution in [1.82, 2.24) is 19.8 Å². The predicted octanol–water partition coefficient (Wildman–Crippen LogP) is 2.68. The Bertz CT molecular complexity index is 711. The normalized spacial score (nSPS) is 23.8. The number of aromatic nitrogens is 2. The van der Waals surface area contributed by atoms with Crippen LogP contribution in [0.5, 0.6) is 0 Å². The van der Waals surface area contributed by atoms with Crippen LogP contribution in [-0.2, 0) is 4.74 Å². The quantitative estimate of drug-likeness (QED) is 0.930. The van der Waals surface area contributed by atoms with E-state index in [1.54, 1.807) is 12.3 Å². The van der Waals surface area contributed by atoms with Crippen molar-refractivity contribution in [3.05, 3.63) is 42.1 Å². The smallest absolute Gasteiger partial charge is 0.126 e. The Labute approximate surface area is 147 Å². The molecule has 1 aromatic heterocycles. The van der Waals surface area contributed by atoms with Crippen LogP contribution in [0.2, 0.25) is 0 Å². The maximum atomic E-state index is 13.5. The van der Waals surface area contributed by atoms with Gasteiger partial charge in [0, 0.05) is 18.2 Å². The molecule has 1 aromatic carbocycles. The number of aromatic amines is 1. The Balaban J connectivity index is 1.55. The molecular formula is C19H25FN4O. The van der Waals surface area contributed by atoms with E-state index in [9.17, 15) is 4.39 Å². The van der Waals surface area contributed by atoms with Gasteiger partial charge >= 0.3 is 0 Å². The van der Waals surface area contributed by atoms with Gasteiger partial charge in [-0.1, -0.05) is 12.1 Å². The molecule has 4 rings (SSSR count). The largest absolute Gasteiger partial charge is 0.378 e. The van der Waals surface area contributed by atoms with Crippen LogP contribution in [-0.4, -0.2) is 65.7 Å². The topological polar surface area (TPSA) is 44.4 Å². The number of imidazole rings is 1. The summed E-state index contributed by atoms with van der Waals surface area (Å²) in [5, 5.41) is 0. The van der Waals surface area contributed by atoms with Gasteiger partial charge in [-0.05, 0) is 45.1 Å². The standard InChI is InChI=1S/C19H25FN4O/c1-23-7-5-16(6-8-23)24-9-10-25-13-18(24)19-21-12-17(22-19)14-3-2-4-15(20)11-14/h2-4,11-12,16,18H,5-10,13H2,1H3,(H,21,22). The van der Waals surface area contributed by atoms with E-state index in [1.165, 1.54) is 25.0 Å². The van der Waals surface area contributed by atoms with E-state index in [0.717, 1.165) is 43.3 Å². The summed E-state index contributed by atoms with van der Waals surface area (Å²) in [5.74, 6) is 0.681. The van der Waals surface area contributed by atoms with Crippen LogP contribution in [0.1, 0.15) is 24.7 Å². The van der Waals surface area contributed by atoms with E-state index in [1.807, 2.05) is 6.07 Å². The van der Waals surface area contributed by atoms with Gasteiger partial charge in [0.05, 0.1) is 31.1 Å². The van der Waals surface area contributed by atoms with Crippen molar-refractivity contribution in [2.24, 2.45) is 0 Å². The molecule has 2 saturated heterocycles. The van der Waals surface area contributed by atoms with E-state index < -0.39 is 0 Å². The van der Waals surface area contributed by atoms with Crippen LogP contribution in [0.25, 0.3) is 11.3 Å². The summed E-state index contributed by atoms with van der Waals surface area (Å²) in [5.41, 5.74) is 1.67. The highest BCUT2D eigenvalue weighted by molar-refractivity contribution is 5.58. The molecule has 2 aromatic rings. The first-order valence-electron chi connectivity index (χ1n) is 9.03. The number of morpholine rings is 1. The lowest BCUT2D eigenvalue weighted by Crippen LogP contribution is -2.50. The fraction of sp³-hybridized carbons (Fsp3) is 0.526. The third kappa shape index (κ3) is 3.61. The van der Waals surface area contributed by atoms with Gasteiger partial charge in [0.25, 0.3) is 0 Å². The molecule has 1 atom stereocenters. The number of benzene rings is 1. The van der Waals surface area contributed by atoms with Crippen LogP contribution in [0.4, 0.5) is 4.39 Å². The van der Waals surface area contributed by atoms with Crippen molar-refractivity contribution in [3.8, 4) is 11.3 Å². The van der Waals surface area contributed by atoms with Gasteiger partial charge in [-0.3, -0.25) is 4.90 Å². The minimum atomic E-state index is -0.234. The summed E-state index contributed by atoms with van der Waals surface area (Å²) in [6.45, 7) is 4.65. The Morgan fingerprint density at radius 2 is 2.08 bits per heavy atom. The molecule has 134 valence electrons. The van der Waals surface area contributed by atoms with Crippen molar-refractivity contribution in [3.63, 3.8) is 0 Å². The number of hydrogen-bond acceptors (Lipinski definition) is 4. The average molecular weight is 344 g/mol. The van der Waals surface area contributed by atoms with Gasteiger partial charge in [-0.25, -0.2) is 9.37 Å². The summed E-state index contributed by atoms with van der Waals surface area (Å²) < 4.78 is 19.2. The Hall–Kier alpha value is -1.76. The monoisotopic (exact) mass is 344 g/mol. The first-order valence-corrected chi connectivity index (χ1v) is 9.03. The first-order chi connectivity index (χ1) is 12.2. The molecule has 25 heavy (non-hydrogen) atoms. The summed E-state index contributed by atoms with van der Waals surface area (Å²) in [7, 11) is 2.19. The number of nitrogens with one attached hydrogen (secondary N) is 1. The van der Waals surface area contributed by atoms with E-state index in [0.29, 0.717) is 12.6 Å². The SMILES string of the molecule is CN1CCC(N2CCOCC2c2ncc(-c3cccc(F)c3)[nH]2)CC1. The summed E-state index contributed by atoms with van der Waals surface area (Å²) >= 11 is 0. The molecule has 5 nitrogen and oxygen atoms in total. The summed E-state index contributed by atoms with van der Waals surface area (Å²) in [6.07, 6.45) is 4.17. The number of rotatable bonds is 3. The highest BCUT2D eigenvalue weighted by Crippen LogP contribution is 2.30. The molecule has 2 aliphatic rings.